The highest BCUT2D eigenvalue weighted by Crippen LogP contribution is 2.05. The van der Waals surface area contributed by atoms with Gasteiger partial charge in [-0.25, -0.2) is 0 Å². The van der Waals surface area contributed by atoms with Crippen molar-refractivity contribution in [1.82, 2.24) is 5.32 Å². The summed E-state index contributed by atoms with van der Waals surface area (Å²) in [7, 11) is 0. The van der Waals surface area contributed by atoms with Crippen LogP contribution >= 0.6 is 0 Å². The molecule has 0 unspecified atom stereocenters. The van der Waals surface area contributed by atoms with Crippen LogP contribution in [0, 0.1) is 12.3 Å². The molecule has 1 saturated heterocycles. The molecule has 0 spiro atoms. The monoisotopic (exact) mass is 153 g/mol. The summed E-state index contributed by atoms with van der Waals surface area (Å²) in [4.78, 5) is 0. The molecule has 0 aromatic carbocycles. The van der Waals surface area contributed by atoms with Crippen molar-refractivity contribution in [3.8, 4) is 12.3 Å². The van der Waals surface area contributed by atoms with Crippen LogP contribution in [0.4, 0.5) is 0 Å². The summed E-state index contributed by atoms with van der Waals surface area (Å²) in [6.07, 6.45) is 8.22. The van der Waals surface area contributed by atoms with Gasteiger partial charge in [0.15, 0.2) is 0 Å². The number of hydrogen-bond donors (Lipinski definition) is 1. The largest absolute Gasteiger partial charge is 0.381 e. The van der Waals surface area contributed by atoms with Gasteiger partial charge in [0, 0.05) is 32.2 Å². The molecule has 0 bridgehead atoms. The Morgan fingerprint density at radius 1 is 1.45 bits per heavy atom. The van der Waals surface area contributed by atoms with Crippen molar-refractivity contribution in [2.24, 2.45) is 0 Å². The number of rotatable bonds is 3. The Morgan fingerprint density at radius 2 is 2.18 bits per heavy atom. The van der Waals surface area contributed by atoms with Gasteiger partial charge < -0.3 is 10.1 Å². The SMILES string of the molecule is C#CCCNC1CCOCC1. The standard InChI is InChI=1S/C9H15NO/c1-2-3-6-10-9-4-7-11-8-5-9/h1,9-10H,3-8H2. The summed E-state index contributed by atoms with van der Waals surface area (Å²) in [6.45, 7) is 2.74. The highest BCUT2D eigenvalue weighted by atomic mass is 16.5. The highest BCUT2D eigenvalue weighted by molar-refractivity contribution is 4.85. The summed E-state index contributed by atoms with van der Waals surface area (Å²) in [5.74, 6) is 2.61. The topological polar surface area (TPSA) is 21.3 Å². The van der Waals surface area contributed by atoms with Crippen molar-refractivity contribution in [2.45, 2.75) is 25.3 Å². The molecule has 1 aliphatic heterocycles. The third-order valence-corrected chi connectivity index (χ3v) is 1.92. The van der Waals surface area contributed by atoms with Crippen LogP contribution in [0.25, 0.3) is 0 Å². The normalized spacial score (nSPS) is 19.5. The van der Waals surface area contributed by atoms with Crippen molar-refractivity contribution in [2.75, 3.05) is 19.8 Å². The third kappa shape index (κ3) is 3.41. The summed E-state index contributed by atoms with van der Waals surface area (Å²) in [5.41, 5.74) is 0. The molecule has 62 valence electrons. The van der Waals surface area contributed by atoms with Crippen LogP contribution in [0.5, 0.6) is 0 Å². The van der Waals surface area contributed by atoms with Gasteiger partial charge in [-0.15, -0.1) is 12.3 Å². The van der Waals surface area contributed by atoms with Crippen LogP contribution in [0.2, 0.25) is 0 Å². The number of hydrogen-bond acceptors (Lipinski definition) is 2. The van der Waals surface area contributed by atoms with E-state index in [0.717, 1.165) is 39.0 Å². The minimum Gasteiger partial charge on any atom is -0.381 e. The second-order valence-electron chi connectivity index (χ2n) is 2.79. The molecular weight excluding hydrogens is 138 g/mol. The van der Waals surface area contributed by atoms with E-state index in [2.05, 4.69) is 11.2 Å². The fraction of sp³-hybridized carbons (Fsp3) is 0.778. The Bertz CT molecular complexity index is 133. The zero-order chi connectivity index (χ0) is 7.94. The maximum Gasteiger partial charge on any atom is 0.0480 e. The van der Waals surface area contributed by atoms with Crippen LogP contribution < -0.4 is 5.32 Å². The summed E-state index contributed by atoms with van der Waals surface area (Å²) < 4.78 is 5.23. The van der Waals surface area contributed by atoms with Gasteiger partial charge in [-0.1, -0.05) is 0 Å². The van der Waals surface area contributed by atoms with E-state index in [1.807, 2.05) is 0 Å². The van der Waals surface area contributed by atoms with E-state index in [1.54, 1.807) is 0 Å². The van der Waals surface area contributed by atoms with Gasteiger partial charge in [0.25, 0.3) is 0 Å². The molecule has 0 radical (unpaired) electrons. The first-order chi connectivity index (χ1) is 5.43. The van der Waals surface area contributed by atoms with Crippen molar-refractivity contribution in [1.29, 1.82) is 0 Å². The fourth-order valence-corrected chi connectivity index (χ4v) is 1.25. The van der Waals surface area contributed by atoms with E-state index >= 15 is 0 Å². The second-order valence-corrected chi connectivity index (χ2v) is 2.79. The summed E-state index contributed by atoms with van der Waals surface area (Å²) in [6, 6.07) is 0.636. The molecule has 1 heterocycles. The average molecular weight is 153 g/mol. The summed E-state index contributed by atoms with van der Waals surface area (Å²) in [5, 5.41) is 3.40. The highest BCUT2D eigenvalue weighted by Gasteiger charge is 2.11. The van der Waals surface area contributed by atoms with Gasteiger partial charge in [0.2, 0.25) is 0 Å². The van der Waals surface area contributed by atoms with Gasteiger partial charge in [-0.3, -0.25) is 0 Å². The van der Waals surface area contributed by atoms with Gasteiger partial charge >= 0.3 is 0 Å². The Hall–Kier alpha value is -0.520. The first-order valence-electron chi connectivity index (χ1n) is 4.18. The molecule has 0 aliphatic carbocycles. The van der Waals surface area contributed by atoms with Crippen molar-refractivity contribution >= 4 is 0 Å². The van der Waals surface area contributed by atoms with E-state index in [0.29, 0.717) is 6.04 Å². The Labute approximate surface area is 68.3 Å². The number of terminal acetylenes is 1. The molecule has 1 aliphatic rings. The Kier molecular flexibility index (Phi) is 4.03. The molecule has 0 aromatic rings. The van der Waals surface area contributed by atoms with Gasteiger partial charge in [-0.2, -0.15) is 0 Å². The van der Waals surface area contributed by atoms with E-state index in [-0.39, 0.29) is 0 Å². The Morgan fingerprint density at radius 3 is 2.82 bits per heavy atom. The molecule has 11 heavy (non-hydrogen) atoms. The van der Waals surface area contributed by atoms with Crippen LogP contribution in [-0.2, 0) is 4.74 Å². The van der Waals surface area contributed by atoms with Crippen molar-refractivity contribution in [3.05, 3.63) is 0 Å². The lowest BCUT2D eigenvalue weighted by Crippen LogP contribution is -2.35. The second kappa shape index (κ2) is 5.17. The average Bonchev–Trinajstić information content (AvgIpc) is 2.07. The zero-order valence-electron chi connectivity index (χ0n) is 6.81. The predicted octanol–water partition coefficient (Wildman–Crippen LogP) is 0.778. The van der Waals surface area contributed by atoms with Gasteiger partial charge in [0.05, 0.1) is 0 Å². The molecule has 0 atom stereocenters. The lowest BCUT2D eigenvalue weighted by molar-refractivity contribution is 0.0783. The van der Waals surface area contributed by atoms with Crippen molar-refractivity contribution < 1.29 is 4.74 Å². The lowest BCUT2D eigenvalue weighted by atomic mass is 10.1. The van der Waals surface area contributed by atoms with Crippen LogP contribution in [-0.4, -0.2) is 25.8 Å². The van der Waals surface area contributed by atoms with Crippen LogP contribution in [0.1, 0.15) is 19.3 Å². The molecule has 0 aromatic heterocycles. The number of ether oxygens (including phenoxy) is 1. The quantitative estimate of drug-likeness (QED) is 0.478. The molecule has 2 nitrogen and oxygen atoms in total. The third-order valence-electron chi connectivity index (χ3n) is 1.92. The van der Waals surface area contributed by atoms with E-state index in [1.165, 1.54) is 0 Å². The van der Waals surface area contributed by atoms with E-state index < -0.39 is 0 Å². The smallest absolute Gasteiger partial charge is 0.0480 e. The summed E-state index contributed by atoms with van der Waals surface area (Å²) >= 11 is 0. The van der Waals surface area contributed by atoms with Gasteiger partial charge in [0.1, 0.15) is 0 Å². The van der Waals surface area contributed by atoms with Crippen LogP contribution in [0.15, 0.2) is 0 Å². The molecule has 0 saturated carbocycles. The minimum atomic E-state index is 0.636. The first-order valence-corrected chi connectivity index (χ1v) is 4.18. The minimum absolute atomic E-state index is 0.636. The van der Waals surface area contributed by atoms with Gasteiger partial charge in [-0.05, 0) is 12.8 Å². The number of nitrogens with one attached hydrogen (secondary N) is 1. The predicted molar refractivity (Wildman–Crippen MR) is 45.3 cm³/mol. The molecule has 0 amide bonds. The maximum atomic E-state index is 5.23. The zero-order valence-corrected chi connectivity index (χ0v) is 6.81. The lowest BCUT2D eigenvalue weighted by Gasteiger charge is -2.22. The Balaban J connectivity index is 2.01. The maximum absolute atomic E-state index is 5.23. The molecule has 1 N–H and O–H groups in total. The molecule has 1 rings (SSSR count). The molecular formula is C9H15NO. The first kappa shape index (κ1) is 8.58. The van der Waals surface area contributed by atoms with E-state index in [4.69, 9.17) is 11.2 Å². The molecule has 1 fully saturated rings. The van der Waals surface area contributed by atoms with Crippen LogP contribution in [0.3, 0.4) is 0 Å². The molecule has 2 heteroatoms. The van der Waals surface area contributed by atoms with E-state index in [9.17, 15) is 0 Å². The fourth-order valence-electron chi connectivity index (χ4n) is 1.25. The van der Waals surface area contributed by atoms with Crippen molar-refractivity contribution in [3.63, 3.8) is 0 Å².